The van der Waals surface area contributed by atoms with E-state index in [2.05, 4.69) is 54.2 Å². The summed E-state index contributed by atoms with van der Waals surface area (Å²) >= 11 is 1.88. The summed E-state index contributed by atoms with van der Waals surface area (Å²) in [5.41, 5.74) is 1.43. The van der Waals surface area contributed by atoms with Crippen molar-refractivity contribution in [3.8, 4) is 0 Å². The van der Waals surface area contributed by atoms with Crippen LogP contribution in [0, 0.1) is 0 Å². The summed E-state index contributed by atoms with van der Waals surface area (Å²) in [6, 6.07) is 2.95. The fourth-order valence-corrected chi connectivity index (χ4v) is 3.83. The molecule has 21 heavy (non-hydrogen) atoms. The molecule has 5 heteroatoms. The molecule has 0 bridgehead atoms. The maximum Gasteiger partial charge on any atom is 0.0594 e. The van der Waals surface area contributed by atoms with Gasteiger partial charge in [-0.2, -0.15) is 0 Å². The average Bonchev–Trinajstić information content (AvgIpc) is 2.85. The number of likely N-dealkylation sites (N-methyl/N-ethyl adjacent to an activating group) is 1. The predicted octanol–water partition coefficient (Wildman–Crippen LogP) is 1.96. The van der Waals surface area contributed by atoms with E-state index in [-0.39, 0.29) is 0 Å². The van der Waals surface area contributed by atoms with Gasteiger partial charge in [0.1, 0.15) is 0 Å². The summed E-state index contributed by atoms with van der Waals surface area (Å²) in [7, 11) is 6.46. The Hall–Kier alpha value is -0.460. The van der Waals surface area contributed by atoms with E-state index in [1.165, 1.54) is 10.4 Å². The lowest BCUT2D eigenvalue weighted by Gasteiger charge is -2.34. The van der Waals surface area contributed by atoms with Crippen molar-refractivity contribution in [1.82, 2.24) is 14.7 Å². The van der Waals surface area contributed by atoms with Gasteiger partial charge in [-0.3, -0.25) is 9.80 Å². The highest BCUT2D eigenvalue weighted by Gasteiger charge is 2.18. The first-order valence-electron chi connectivity index (χ1n) is 7.76. The molecule has 0 spiro atoms. The molecular weight excluding hydrogens is 282 g/mol. The second-order valence-electron chi connectivity index (χ2n) is 6.35. The van der Waals surface area contributed by atoms with E-state index >= 15 is 0 Å². The minimum atomic E-state index is 0.597. The molecule has 0 radical (unpaired) electrons. The highest BCUT2D eigenvalue weighted by atomic mass is 32.1. The average molecular weight is 311 g/mol. The number of hydrogen-bond donors (Lipinski definition) is 0. The first-order valence-corrected chi connectivity index (χ1v) is 8.64. The zero-order valence-electron chi connectivity index (χ0n) is 13.8. The summed E-state index contributed by atoms with van der Waals surface area (Å²) in [4.78, 5) is 8.65. The number of morpholine rings is 1. The van der Waals surface area contributed by atoms with E-state index in [0.717, 1.165) is 45.9 Å². The molecule has 0 aromatic carbocycles. The fourth-order valence-electron chi connectivity index (χ4n) is 2.87. The van der Waals surface area contributed by atoms with Crippen molar-refractivity contribution in [3.05, 3.63) is 21.9 Å². The van der Waals surface area contributed by atoms with Crippen LogP contribution in [0.5, 0.6) is 0 Å². The molecule has 0 aliphatic carbocycles. The Bertz CT molecular complexity index is 415. The molecule has 120 valence electrons. The zero-order valence-corrected chi connectivity index (χ0v) is 14.7. The summed E-state index contributed by atoms with van der Waals surface area (Å²) in [6.45, 7) is 9.42. The van der Waals surface area contributed by atoms with Crippen molar-refractivity contribution in [2.75, 3.05) is 54.0 Å². The molecule has 0 saturated carbocycles. The molecule has 0 amide bonds. The number of thiophene rings is 1. The van der Waals surface area contributed by atoms with E-state index in [1.807, 2.05) is 11.3 Å². The maximum atomic E-state index is 5.43. The van der Waals surface area contributed by atoms with Gasteiger partial charge < -0.3 is 9.64 Å². The van der Waals surface area contributed by atoms with Crippen molar-refractivity contribution >= 4 is 11.3 Å². The van der Waals surface area contributed by atoms with Crippen LogP contribution in [0.4, 0.5) is 0 Å². The standard InChI is InChI=1S/C16H29N3OS/c1-14(19-5-7-20-8-6-19)10-18(4)12-16-9-15(13-21-16)11-17(2)3/h9,13-14H,5-8,10-12H2,1-4H3/t14-/m1/s1. The first kappa shape index (κ1) is 16.9. The van der Waals surface area contributed by atoms with Crippen molar-refractivity contribution in [1.29, 1.82) is 0 Å². The smallest absolute Gasteiger partial charge is 0.0594 e. The van der Waals surface area contributed by atoms with Crippen LogP contribution in [0.25, 0.3) is 0 Å². The quantitative estimate of drug-likeness (QED) is 0.766. The summed E-state index contributed by atoms with van der Waals surface area (Å²) < 4.78 is 5.43. The Labute approximate surface area is 133 Å². The van der Waals surface area contributed by atoms with Gasteiger partial charge in [0, 0.05) is 43.6 Å². The third kappa shape index (κ3) is 5.68. The Kier molecular flexibility index (Phi) is 6.64. The molecule has 2 heterocycles. The largest absolute Gasteiger partial charge is 0.379 e. The summed E-state index contributed by atoms with van der Waals surface area (Å²) in [5, 5.41) is 2.29. The maximum absolute atomic E-state index is 5.43. The van der Waals surface area contributed by atoms with Gasteiger partial charge in [0.15, 0.2) is 0 Å². The van der Waals surface area contributed by atoms with Crippen LogP contribution in [-0.2, 0) is 17.8 Å². The minimum absolute atomic E-state index is 0.597. The lowest BCUT2D eigenvalue weighted by molar-refractivity contribution is 0.0137. The molecule has 1 fully saturated rings. The monoisotopic (exact) mass is 311 g/mol. The van der Waals surface area contributed by atoms with Crippen LogP contribution in [0.15, 0.2) is 11.4 Å². The Morgan fingerprint density at radius 1 is 1.24 bits per heavy atom. The first-order chi connectivity index (χ1) is 10.0. The van der Waals surface area contributed by atoms with Crippen LogP contribution in [0.1, 0.15) is 17.4 Å². The van der Waals surface area contributed by atoms with Crippen molar-refractivity contribution < 1.29 is 4.74 Å². The van der Waals surface area contributed by atoms with Crippen LogP contribution in [-0.4, -0.2) is 74.7 Å². The molecule has 0 N–H and O–H groups in total. The van der Waals surface area contributed by atoms with Gasteiger partial charge >= 0.3 is 0 Å². The Morgan fingerprint density at radius 2 is 1.95 bits per heavy atom. The molecule has 1 atom stereocenters. The zero-order chi connectivity index (χ0) is 15.2. The molecule has 4 nitrogen and oxygen atoms in total. The molecule has 1 saturated heterocycles. The summed E-state index contributed by atoms with van der Waals surface area (Å²) in [6.07, 6.45) is 0. The normalized spacial score (nSPS) is 18.6. The molecule has 2 rings (SSSR count). The second-order valence-corrected chi connectivity index (χ2v) is 7.35. The van der Waals surface area contributed by atoms with E-state index in [4.69, 9.17) is 4.74 Å². The van der Waals surface area contributed by atoms with E-state index in [0.29, 0.717) is 6.04 Å². The van der Waals surface area contributed by atoms with Gasteiger partial charge in [0.25, 0.3) is 0 Å². The van der Waals surface area contributed by atoms with Crippen molar-refractivity contribution in [3.63, 3.8) is 0 Å². The van der Waals surface area contributed by atoms with Gasteiger partial charge in [-0.1, -0.05) is 0 Å². The summed E-state index contributed by atoms with van der Waals surface area (Å²) in [5.74, 6) is 0. The Balaban J connectivity index is 1.77. The van der Waals surface area contributed by atoms with Crippen molar-refractivity contribution in [2.24, 2.45) is 0 Å². The lowest BCUT2D eigenvalue weighted by Crippen LogP contribution is -2.46. The molecule has 0 unspecified atom stereocenters. The molecule has 1 aromatic rings. The van der Waals surface area contributed by atoms with E-state index in [1.54, 1.807) is 0 Å². The fraction of sp³-hybridized carbons (Fsp3) is 0.750. The van der Waals surface area contributed by atoms with Crippen LogP contribution < -0.4 is 0 Å². The minimum Gasteiger partial charge on any atom is -0.379 e. The van der Waals surface area contributed by atoms with E-state index < -0.39 is 0 Å². The SMILES string of the molecule is C[C@H](CN(C)Cc1cc(CN(C)C)cs1)N1CCOCC1. The molecule has 1 aliphatic heterocycles. The van der Waals surface area contributed by atoms with Crippen LogP contribution in [0.2, 0.25) is 0 Å². The number of hydrogen-bond acceptors (Lipinski definition) is 5. The van der Waals surface area contributed by atoms with Gasteiger partial charge in [0.05, 0.1) is 13.2 Å². The molecule has 1 aliphatic rings. The highest BCUT2D eigenvalue weighted by molar-refractivity contribution is 7.10. The Morgan fingerprint density at radius 3 is 2.62 bits per heavy atom. The second kappa shape index (κ2) is 8.25. The predicted molar refractivity (Wildman–Crippen MR) is 89.9 cm³/mol. The number of rotatable bonds is 7. The van der Waals surface area contributed by atoms with Crippen LogP contribution >= 0.6 is 11.3 Å². The highest BCUT2D eigenvalue weighted by Crippen LogP contribution is 2.18. The topological polar surface area (TPSA) is 19.0 Å². The van der Waals surface area contributed by atoms with Gasteiger partial charge in [-0.05, 0) is 45.1 Å². The third-order valence-electron chi connectivity index (χ3n) is 3.88. The number of nitrogens with zero attached hydrogens (tertiary/aromatic N) is 3. The van der Waals surface area contributed by atoms with Crippen molar-refractivity contribution in [2.45, 2.75) is 26.1 Å². The van der Waals surface area contributed by atoms with Gasteiger partial charge in [-0.25, -0.2) is 0 Å². The molecular formula is C16H29N3OS. The van der Waals surface area contributed by atoms with Gasteiger partial charge in [-0.15, -0.1) is 11.3 Å². The third-order valence-corrected chi connectivity index (χ3v) is 4.85. The number of ether oxygens (including phenoxy) is 1. The van der Waals surface area contributed by atoms with E-state index in [9.17, 15) is 0 Å². The molecule has 1 aromatic heterocycles. The lowest BCUT2D eigenvalue weighted by atomic mass is 10.2. The van der Waals surface area contributed by atoms with Gasteiger partial charge in [0.2, 0.25) is 0 Å². The van der Waals surface area contributed by atoms with Crippen LogP contribution in [0.3, 0.4) is 0 Å².